The van der Waals surface area contributed by atoms with E-state index in [0.717, 1.165) is 30.2 Å². The van der Waals surface area contributed by atoms with Gasteiger partial charge in [-0.2, -0.15) is 11.8 Å². The fourth-order valence-corrected chi connectivity index (χ4v) is 4.83. The third-order valence-electron chi connectivity index (χ3n) is 4.15. The molecule has 1 aliphatic carbocycles. The highest BCUT2D eigenvalue weighted by molar-refractivity contribution is 8.00. The molecule has 94 valence electrons. The van der Waals surface area contributed by atoms with Crippen molar-refractivity contribution in [2.24, 2.45) is 17.6 Å². The van der Waals surface area contributed by atoms with Crippen molar-refractivity contribution in [2.45, 2.75) is 56.1 Å². The largest absolute Gasteiger partial charge is 0.377 e. The second-order valence-corrected chi connectivity index (χ2v) is 6.97. The molecular formula is C13H25NOS. The molecule has 2 aliphatic rings. The number of hydrogen-bond acceptors (Lipinski definition) is 3. The van der Waals surface area contributed by atoms with Crippen molar-refractivity contribution in [1.29, 1.82) is 0 Å². The topological polar surface area (TPSA) is 35.2 Å². The monoisotopic (exact) mass is 243 g/mol. The van der Waals surface area contributed by atoms with Crippen LogP contribution in [0.3, 0.4) is 0 Å². The van der Waals surface area contributed by atoms with E-state index in [0.29, 0.717) is 11.4 Å². The summed E-state index contributed by atoms with van der Waals surface area (Å²) in [6, 6.07) is 0. The maximum absolute atomic E-state index is 5.90. The zero-order valence-corrected chi connectivity index (χ0v) is 11.3. The molecule has 0 aromatic rings. The second-order valence-electron chi connectivity index (χ2n) is 5.49. The standard InChI is InChI=1S/C13H25NOS/c1-9-3-4-11(8-14)13(7-9)16-12-5-6-15-10(12)2/h9-13H,3-8,14H2,1-2H3. The zero-order chi connectivity index (χ0) is 11.5. The minimum atomic E-state index is 0.445. The molecule has 1 aliphatic heterocycles. The van der Waals surface area contributed by atoms with E-state index in [1.165, 1.54) is 25.7 Å². The van der Waals surface area contributed by atoms with Gasteiger partial charge in [0.1, 0.15) is 0 Å². The minimum absolute atomic E-state index is 0.445. The lowest BCUT2D eigenvalue weighted by molar-refractivity contribution is 0.127. The zero-order valence-electron chi connectivity index (χ0n) is 10.5. The number of thioether (sulfide) groups is 1. The third-order valence-corrected chi connectivity index (χ3v) is 6.05. The summed E-state index contributed by atoms with van der Waals surface area (Å²) in [6.45, 7) is 6.42. The van der Waals surface area contributed by atoms with E-state index in [1.807, 2.05) is 0 Å². The van der Waals surface area contributed by atoms with Crippen LogP contribution in [-0.4, -0.2) is 29.8 Å². The first-order chi connectivity index (χ1) is 7.70. The van der Waals surface area contributed by atoms with Crippen LogP contribution in [-0.2, 0) is 4.74 Å². The first kappa shape index (κ1) is 12.7. The van der Waals surface area contributed by atoms with Crippen molar-refractivity contribution in [3.8, 4) is 0 Å². The van der Waals surface area contributed by atoms with Gasteiger partial charge in [-0.3, -0.25) is 0 Å². The van der Waals surface area contributed by atoms with Crippen LogP contribution < -0.4 is 5.73 Å². The van der Waals surface area contributed by atoms with Gasteiger partial charge in [0.25, 0.3) is 0 Å². The number of hydrogen-bond donors (Lipinski definition) is 1. The molecule has 16 heavy (non-hydrogen) atoms. The fraction of sp³-hybridized carbons (Fsp3) is 1.00. The Morgan fingerprint density at radius 2 is 2.00 bits per heavy atom. The average Bonchev–Trinajstić information content (AvgIpc) is 2.65. The van der Waals surface area contributed by atoms with Gasteiger partial charge in [0, 0.05) is 17.1 Å². The Balaban J connectivity index is 1.89. The maximum Gasteiger partial charge on any atom is 0.0666 e. The summed E-state index contributed by atoms with van der Waals surface area (Å²) < 4.78 is 5.65. The smallest absolute Gasteiger partial charge is 0.0666 e. The van der Waals surface area contributed by atoms with E-state index in [9.17, 15) is 0 Å². The SMILES string of the molecule is CC1CCC(CN)C(SC2CCOC2C)C1. The van der Waals surface area contributed by atoms with Crippen molar-refractivity contribution in [3.05, 3.63) is 0 Å². The van der Waals surface area contributed by atoms with Gasteiger partial charge in [0.05, 0.1) is 6.10 Å². The van der Waals surface area contributed by atoms with Crippen LogP contribution in [0, 0.1) is 11.8 Å². The molecule has 3 heteroatoms. The summed E-state index contributed by atoms with van der Waals surface area (Å²) in [7, 11) is 0. The van der Waals surface area contributed by atoms with E-state index in [1.54, 1.807) is 0 Å². The highest BCUT2D eigenvalue weighted by Crippen LogP contribution is 2.40. The molecule has 2 N–H and O–H groups in total. The molecule has 5 atom stereocenters. The van der Waals surface area contributed by atoms with Crippen LogP contribution in [0.1, 0.15) is 39.5 Å². The molecule has 0 amide bonds. The van der Waals surface area contributed by atoms with E-state index < -0.39 is 0 Å². The van der Waals surface area contributed by atoms with Gasteiger partial charge in [0.2, 0.25) is 0 Å². The van der Waals surface area contributed by atoms with Gasteiger partial charge in [-0.05, 0) is 44.6 Å². The normalized spacial score (nSPS) is 44.8. The van der Waals surface area contributed by atoms with Crippen LogP contribution in [0.4, 0.5) is 0 Å². The number of rotatable bonds is 3. The summed E-state index contributed by atoms with van der Waals surface area (Å²) in [4.78, 5) is 0. The average molecular weight is 243 g/mol. The Labute approximate surface area is 104 Å². The summed E-state index contributed by atoms with van der Waals surface area (Å²) in [5.41, 5.74) is 5.90. The lowest BCUT2D eigenvalue weighted by atomic mass is 9.82. The summed E-state index contributed by atoms with van der Waals surface area (Å²) >= 11 is 2.17. The summed E-state index contributed by atoms with van der Waals surface area (Å²) in [5.74, 6) is 1.63. The minimum Gasteiger partial charge on any atom is -0.377 e. The van der Waals surface area contributed by atoms with Gasteiger partial charge in [0.15, 0.2) is 0 Å². The Morgan fingerprint density at radius 3 is 2.62 bits per heavy atom. The van der Waals surface area contributed by atoms with E-state index in [-0.39, 0.29) is 0 Å². The first-order valence-corrected chi connectivity index (χ1v) is 7.62. The Bertz CT molecular complexity index is 224. The summed E-state index contributed by atoms with van der Waals surface area (Å²) in [5, 5.41) is 1.49. The van der Waals surface area contributed by atoms with Crippen LogP contribution in [0.15, 0.2) is 0 Å². The van der Waals surface area contributed by atoms with Gasteiger partial charge in [-0.15, -0.1) is 0 Å². The highest BCUT2D eigenvalue weighted by atomic mass is 32.2. The molecule has 1 saturated heterocycles. The predicted molar refractivity (Wildman–Crippen MR) is 70.8 cm³/mol. The fourth-order valence-electron chi connectivity index (χ4n) is 2.94. The van der Waals surface area contributed by atoms with Gasteiger partial charge >= 0.3 is 0 Å². The van der Waals surface area contributed by atoms with Gasteiger partial charge < -0.3 is 10.5 Å². The molecule has 0 bridgehead atoms. The van der Waals surface area contributed by atoms with E-state index in [4.69, 9.17) is 10.5 Å². The van der Waals surface area contributed by atoms with Crippen molar-refractivity contribution in [1.82, 2.24) is 0 Å². The maximum atomic E-state index is 5.90. The van der Waals surface area contributed by atoms with Crippen LogP contribution in [0.2, 0.25) is 0 Å². The molecule has 1 saturated carbocycles. The Hall–Kier alpha value is 0.270. The molecule has 2 rings (SSSR count). The van der Waals surface area contributed by atoms with Gasteiger partial charge in [-0.1, -0.05) is 13.3 Å². The lowest BCUT2D eigenvalue weighted by Gasteiger charge is -2.35. The van der Waals surface area contributed by atoms with Crippen molar-refractivity contribution in [3.63, 3.8) is 0 Å². The van der Waals surface area contributed by atoms with Crippen LogP contribution in [0.25, 0.3) is 0 Å². The molecule has 0 spiro atoms. The third kappa shape index (κ3) is 2.93. The van der Waals surface area contributed by atoms with Crippen LogP contribution >= 0.6 is 11.8 Å². The predicted octanol–water partition coefficient (Wildman–Crippen LogP) is 2.66. The van der Waals surface area contributed by atoms with E-state index >= 15 is 0 Å². The molecule has 2 nitrogen and oxygen atoms in total. The molecule has 5 unspecified atom stereocenters. The number of nitrogens with two attached hydrogens (primary N) is 1. The van der Waals surface area contributed by atoms with E-state index in [2.05, 4.69) is 25.6 Å². The Morgan fingerprint density at radius 1 is 1.19 bits per heavy atom. The molecule has 2 fully saturated rings. The molecule has 0 aromatic carbocycles. The van der Waals surface area contributed by atoms with Crippen molar-refractivity contribution < 1.29 is 4.74 Å². The molecule has 1 heterocycles. The number of ether oxygens (including phenoxy) is 1. The van der Waals surface area contributed by atoms with Crippen molar-refractivity contribution in [2.75, 3.05) is 13.2 Å². The quantitative estimate of drug-likeness (QED) is 0.827. The lowest BCUT2D eigenvalue weighted by Crippen LogP contribution is -2.34. The van der Waals surface area contributed by atoms with Crippen molar-refractivity contribution >= 4 is 11.8 Å². The van der Waals surface area contributed by atoms with Crippen LogP contribution in [0.5, 0.6) is 0 Å². The molecular weight excluding hydrogens is 218 g/mol. The molecule has 0 radical (unpaired) electrons. The first-order valence-electron chi connectivity index (χ1n) is 6.67. The highest BCUT2D eigenvalue weighted by Gasteiger charge is 2.33. The summed E-state index contributed by atoms with van der Waals surface area (Å²) in [6.07, 6.45) is 5.73. The second kappa shape index (κ2) is 5.74. The Kier molecular flexibility index (Phi) is 4.57. The van der Waals surface area contributed by atoms with Gasteiger partial charge in [-0.25, -0.2) is 0 Å². The molecule has 0 aromatic heterocycles.